The topological polar surface area (TPSA) is 75.6 Å². The van der Waals surface area contributed by atoms with Gasteiger partial charge in [0, 0.05) is 0 Å². The number of halogens is 1. The van der Waals surface area contributed by atoms with Crippen LogP contribution in [0, 0.1) is 5.92 Å². The summed E-state index contributed by atoms with van der Waals surface area (Å²) in [5, 5.41) is 8.95. The fourth-order valence-electron chi connectivity index (χ4n) is 2.38. The summed E-state index contributed by atoms with van der Waals surface area (Å²) in [6, 6.07) is 5.97. The Kier molecular flexibility index (Phi) is 8.66. The molecule has 0 bridgehead atoms. The highest BCUT2D eigenvalue weighted by atomic mass is 35.5. The molecule has 0 saturated heterocycles. The summed E-state index contributed by atoms with van der Waals surface area (Å²) >= 11 is 5.41. The van der Waals surface area contributed by atoms with Crippen molar-refractivity contribution in [3.8, 4) is 5.75 Å². The summed E-state index contributed by atoms with van der Waals surface area (Å²) in [5.41, 5.74) is 0.795. The van der Waals surface area contributed by atoms with Crippen LogP contribution in [-0.2, 0) is 16.0 Å². The summed E-state index contributed by atoms with van der Waals surface area (Å²) < 4.78 is 5.42. The number of carbonyl (C=O) groups is 2. The van der Waals surface area contributed by atoms with Gasteiger partial charge in [0.1, 0.15) is 11.8 Å². The second-order valence-electron chi connectivity index (χ2n) is 5.54. The molecule has 6 heteroatoms. The molecule has 1 atom stereocenters. The van der Waals surface area contributed by atoms with Gasteiger partial charge in [0.05, 0.1) is 5.92 Å². The lowest BCUT2D eigenvalue weighted by atomic mass is 9.98. The molecule has 1 aromatic carbocycles. The Bertz CT molecular complexity index is 498. The molecular formula is C17H24ClNO4. The second kappa shape index (κ2) is 10.2. The van der Waals surface area contributed by atoms with Gasteiger partial charge in [0.25, 0.3) is 0 Å². The number of ether oxygens (including phenoxy) is 1. The van der Waals surface area contributed by atoms with E-state index in [4.69, 9.17) is 21.6 Å². The molecule has 23 heavy (non-hydrogen) atoms. The van der Waals surface area contributed by atoms with E-state index >= 15 is 0 Å². The Balaban J connectivity index is 2.65. The minimum Gasteiger partial charge on any atom is -0.480 e. The van der Waals surface area contributed by atoms with E-state index in [1.165, 1.54) is 0 Å². The van der Waals surface area contributed by atoms with Crippen molar-refractivity contribution in [2.24, 2.45) is 5.92 Å². The van der Waals surface area contributed by atoms with Crippen LogP contribution in [0.25, 0.3) is 0 Å². The van der Waals surface area contributed by atoms with Gasteiger partial charge in [0.15, 0.2) is 0 Å². The molecule has 0 saturated carbocycles. The lowest BCUT2D eigenvalue weighted by Crippen LogP contribution is -2.32. The molecular weight excluding hydrogens is 318 g/mol. The van der Waals surface area contributed by atoms with Crippen molar-refractivity contribution in [3.63, 3.8) is 0 Å². The van der Waals surface area contributed by atoms with E-state index in [0.29, 0.717) is 5.75 Å². The van der Waals surface area contributed by atoms with Crippen LogP contribution in [0.5, 0.6) is 5.75 Å². The molecule has 0 aliphatic rings. The third kappa shape index (κ3) is 6.59. The molecule has 0 aliphatic heterocycles. The first-order valence-electron chi connectivity index (χ1n) is 7.91. The van der Waals surface area contributed by atoms with Gasteiger partial charge in [-0.25, -0.2) is 4.84 Å². The normalized spacial score (nSPS) is 12.2. The minimum absolute atomic E-state index is 0.0680. The van der Waals surface area contributed by atoms with Gasteiger partial charge in [-0.05, 0) is 48.7 Å². The maximum atomic E-state index is 12.2. The van der Waals surface area contributed by atoms with Crippen LogP contribution >= 0.6 is 11.8 Å². The molecule has 0 spiro atoms. The van der Waals surface area contributed by atoms with E-state index in [1.54, 1.807) is 24.3 Å². The van der Waals surface area contributed by atoms with Gasteiger partial charge in [0.2, 0.25) is 0 Å². The first kappa shape index (κ1) is 19.5. The van der Waals surface area contributed by atoms with E-state index in [-0.39, 0.29) is 18.3 Å². The number of carboxylic acids is 1. The molecule has 0 radical (unpaired) electrons. The molecule has 1 rings (SSSR count). The van der Waals surface area contributed by atoms with Crippen LogP contribution < -0.4 is 9.57 Å². The summed E-state index contributed by atoms with van der Waals surface area (Å²) in [4.78, 5) is 25.3. The van der Waals surface area contributed by atoms with Crippen molar-refractivity contribution in [2.75, 3.05) is 0 Å². The van der Waals surface area contributed by atoms with E-state index in [0.717, 1.165) is 31.2 Å². The number of benzene rings is 1. The molecule has 128 valence electrons. The number of esters is 1. The highest BCUT2D eigenvalue weighted by Gasteiger charge is 2.19. The van der Waals surface area contributed by atoms with Crippen molar-refractivity contribution in [1.82, 2.24) is 4.84 Å². The SMILES string of the molecule is CCCC(CCC)C(=O)Oc1ccc(CC(NCl)C(=O)O)cc1. The molecule has 1 aromatic rings. The van der Waals surface area contributed by atoms with E-state index in [9.17, 15) is 9.59 Å². The van der Waals surface area contributed by atoms with Crippen LogP contribution in [0.2, 0.25) is 0 Å². The van der Waals surface area contributed by atoms with Crippen LogP contribution in [-0.4, -0.2) is 23.1 Å². The number of carboxylic acid groups (broad SMARTS) is 1. The smallest absolute Gasteiger partial charge is 0.322 e. The highest BCUT2D eigenvalue weighted by Crippen LogP contribution is 2.19. The Labute approximate surface area is 142 Å². The molecule has 5 nitrogen and oxygen atoms in total. The number of hydrogen-bond donors (Lipinski definition) is 2. The molecule has 1 unspecified atom stereocenters. The van der Waals surface area contributed by atoms with Crippen LogP contribution in [0.1, 0.15) is 45.1 Å². The van der Waals surface area contributed by atoms with Gasteiger partial charge in [-0.3, -0.25) is 9.59 Å². The first-order valence-corrected chi connectivity index (χ1v) is 8.29. The van der Waals surface area contributed by atoms with E-state index < -0.39 is 12.0 Å². The Morgan fingerprint density at radius 1 is 1.17 bits per heavy atom. The van der Waals surface area contributed by atoms with Crippen LogP contribution in [0.3, 0.4) is 0 Å². The Hall–Kier alpha value is -1.59. The van der Waals surface area contributed by atoms with E-state index in [1.807, 2.05) is 0 Å². The number of carbonyl (C=O) groups excluding carboxylic acids is 1. The summed E-state index contributed by atoms with van der Waals surface area (Å²) in [7, 11) is 0. The zero-order chi connectivity index (χ0) is 17.2. The highest BCUT2D eigenvalue weighted by molar-refractivity contribution is 6.14. The lowest BCUT2D eigenvalue weighted by Gasteiger charge is -2.14. The van der Waals surface area contributed by atoms with E-state index in [2.05, 4.69) is 18.7 Å². The standard InChI is InChI=1S/C17H24ClNO4/c1-3-5-13(6-4-2)17(22)23-14-9-7-12(8-10-14)11-15(19-18)16(20)21/h7-10,13,15,19H,3-6,11H2,1-2H3,(H,20,21). The van der Waals surface area contributed by atoms with Crippen molar-refractivity contribution >= 4 is 23.7 Å². The molecule has 0 aromatic heterocycles. The van der Waals surface area contributed by atoms with Crippen molar-refractivity contribution in [2.45, 2.75) is 52.0 Å². The fourth-order valence-corrected chi connectivity index (χ4v) is 2.55. The Morgan fingerprint density at radius 3 is 2.17 bits per heavy atom. The molecule has 0 fully saturated rings. The third-order valence-corrected chi connectivity index (χ3v) is 3.88. The average molecular weight is 342 g/mol. The predicted molar refractivity (Wildman–Crippen MR) is 89.5 cm³/mol. The molecule has 0 amide bonds. The Morgan fingerprint density at radius 2 is 1.74 bits per heavy atom. The maximum absolute atomic E-state index is 12.2. The monoisotopic (exact) mass is 341 g/mol. The summed E-state index contributed by atoms with van der Waals surface area (Å²) in [6.45, 7) is 4.10. The molecule has 0 aliphatic carbocycles. The second-order valence-corrected chi connectivity index (χ2v) is 5.76. The van der Waals surface area contributed by atoms with Crippen LogP contribution in [0.15, 0.2) is 24.3 Å². The van der Waals surface area contributed by atoms with Gasteiger partial charge in [-0.15, -0.1) is 0 Å². The average Bonchev–Trinajstić information content (AvgIpc) is 2.53. The minimum atomic E-state index is -1.02. The quantitative estimate of drug-likeness (QED) is 0.386. The molecule has 0 heterocycles. The van der Waals surface area contributed by atoms with Crippen molar-refractivity contribution < 1.29 is 19.4 Å². The largest absolute Gasteiger partial charge is 0.480 e. The predicted octanol–water partition coefficient (Wildman–Crippen LogP) is 3.55. The molecule has 2 N–H and O–H groups in total. The lowest BCUT2D eigenvalue weighted by molar-refractivity contribution is -0.140. The first-order chi connectivity index (χ1) is 11.0. The number of rotatable bonds is 10. The van der Waals surface area contributed by atoms with Crippen molar-refractivity contribution in [1.29, 1.82) is 0 Å². The van der Waals surface area contributed by atoms with Gasteiger partial charge < -0.3 is 9.84 Å². The zero-order valence-electron chi connectivity index (χ0n) is 13.5. The van der Waals surface area contributed by atoms with Gasteiger partial charge in [-0.1, -0.05) is 38.8 Å². The fraction of sp³-hybridized carbons (Fsp3) is 0.529. The summed E-state index contributed by atoms with van der Waals surface area (Å²) in [6.07, 6.45) is 3.79. The zero-order valence-corrected chi connectivity index (χ0v) is 14.3. The van der Waals surface area contributed by atoms with Crippen LogP contribution in [0.4, 0.5) is 0 Å². The van der Waals surface area contributed by atoms with Crippen molar-refractivity contribution in [3.05, 3.63) is 29.8 Å². The maximum Gasteiger partial charge on any atom is 0.322 e. The number of nitrogens with one attached hydrogen (secondary N) is 1. The number of hydrogen-bond acceptors (Lipinski definition) is 4. The van der Waals surface area contributed by atoms with Gasteiger partial charge >= 0.3 is 11.9 Å². The number of aliphatic carboxylic acids is 1. The summed E-state index contributed by atoms with van der Waals surface area (Å²) in [5.74, 6) is -0.812. The third-order valence-electron chi connectivity index (χ3n) is 3.62. The van der Waals surface area contributed by atoms with Gasteiger partial charge in [-0.2, -0.15) is 0 Å².